The topological polar surface area (TPSA) is 40.5 Å². The first-order chi connectivity index (χ1) is 5.65. The van der Waals surface area contributed by atoms with Crippen LogP contribution >= 0.6 is 15.9 Å². The van der Waals surface area contributed by atoms with E-state index in [-0.39, 0.29) is 5.75 Å². The third kappa shape index (κ3) is 1.79. The van der Waals surface area contributed by atoms with Crippen LogP contribution in [-0.2, 0) is 0 Å². The smallest absolute Gasteiger partial charge is 0.143 e. The molecule has 3 heteroatoms. The quantitative estimate of drug-likeness (QED) is 0.718. The lowest BCUT2D eigenvalue weighted by Crippen LogP contribution is -1.93. The maximum absolute atomic E-state index is 9.26. The maximum atomic E-state index is 9.26. The molecule has 0 aliphatic heterocycles. The molecule has 0 aromatic heterocycles. The minimum atomic E-state index is -1.05. The van der Waals surface area contributed by atoms with Crippen molar-refractivity contribution in [2.24, 2.45) is 0 Å². The number of terminal acetylenes is 1. The summed E-state index contributed by atoms with van der Waals surface area (Å²) in [7, 11) is 0. The summed E-state index contributed by atoms with van der Waals surface area (Å²) in [6.45, 7) is 0. The van der Waals surface area contributed by atoms with E-state index in [1.54, 1.807) is 12.1 Å². The number of aromatic hydroxyl groups is 1. The molecule has 62 valence electrons. The largest absolute Gasteiger partial charge is 0.508 e. The van der Waals surface area contributed by atoms with Crippen molar-refractivity contribution >= 4 is 15.9 Å². The van der Waals surface area contributed by atoms with Crippen LogP contribution in [0.2, 0.25) is 0 Å². The fourth-order valence-corrected chi connectivity index (χ4v) is 1.21. The number of phenolic OH excluding ortho intramolecular Hbond substituents is 1. The summed E-state index contributed by atoms with van der Waals surface area (Å²) in [5, 5.41) is 18.5. The Hall–Kier alpha value is -0.980. The van der Waals surface area contributed by atoms with E-state index in [0.717, 1.165) is 4.47 Å². The van der Waals surface area contributed by atoms with Crippen LogP contribution in [0.4, 0.5) is 0 Å². The molecule has 1 atom stereocenters. The van der Waals surface area contributed by atoms with Crippen molar-refractivity contribution in [3.8, 4) is 18.1 Å². The van der Waals surface area contributed by atoms with E-state index in [9.17, 15) is 10.2 Å². The number of hydrogen-bond donors (Lipinski definition) is 2. The molecule has 0 aliphatic rings. The van der Waals surface area contributed by atoms with Crippen molar-refractivity contribution < 1.29 is 10.2 Å². The van der Waals surface area contributed by atoms with Crippen LogP contribution in [0.3, 0.4) is 0 Å². The van der Waals surface area contributed by atoms with Gasteiger partial charge in [0, 0.05) is 10.0 Å². The van der Waals surface area contributed by atoms with Gasteiger partial charge in [0.05, 0.1) is 0 Å². The second-order valence-corrected chi connectivity index (χ2v) is 3.19. The molecule has 1 aromatic carbocycles. The van der Waals surface area contributed by atoms with Crippen LogP contribution in [0.25, 0.3) is 0 Å². The van der Waals surface area contributed by atoms with Crippen molar-refractivity contribution in [2.45, 2.75) is 6.10 Å². The van der Waals surface area contributed by atoms with Crippen LogP contribution in [0.1, 0.15) is 11.7 Å². The number of rotatable bonds is 1. The minimum Gasteiger partial charge on any atom is -0.508 e. The molecule has 0 fully saturated rings. The third-order valence-corrected chi connectivity index (χ3v) is 1.94. The van der Waals surface area contributed by atoms with Gasteiger partial charge in [-0.05, 0) is 18.2 Å². The molecule has 0 heterocycles. The summed E-state index contributed by atoms with van der Waals surface area (Å²) in [6.07, 6.45) is 3.94. The Bertz CT molecular complexity index is 328. The van der Waals surface area contributed by atoms with Gasteiger partial charge in [-0.1, -0.05) is 21.9 Å². The molecular formula is C9H7BrO2. The van der Waals surface area contributed by atoms with Gasteiger partial charge in [0.1, 0.15) is 11.9 Å². The van der Waals surface area contributed by atoms with Crippen LogP contribution in [0, 0.1) is 12.3 Å². The molecule has 1 rings (SSSR count). The molecule has 0 bridgehead atoms. The number of aliphatic hydroxyl groups is 1. The standard InChI is InChI=1S/C9H7BrO2/c1-2-8(11)7-5-6(10)3-4-9(7)12/h1,3-5,8,11-12H. The molecule has 0 spiro atoms. The summed E-state index contributed by atoms with van der Waals surface area (Å²) in [4.78, 5) is 0. The molecule has 0 radical (unpaired) electrons. The zero-order valence-electron chi connectivity index (χ0n) is 6.16. The first-order valence-electron chi connectivity index (χ1n) is 3.27. The fourth-order valence-electron chi connectivity index (χ4n) is 0.834. The van der Waals surface area contributed by atoms with Gasteiger partial charge >= 0.3 is 0 Å². The highest BCUT2D eigenvalue weighted by atomic mass is 79.9. The number of aliphatic hydroxyl groups excluding tert-OH is 1. The Morgan fingerprint density at radius 2 is 2.17 bits per heavy atom. The summed E-state index contributed by atoms with van der Waals surface area (Å²) >= 11 is 3.20. The highest BCUT2D eigenvalue weighted by molar-refractivity contribution is 9.10. The Morgan fingerprint density at radius 3 is 2.75 bits per heavy atom. The van der Waals surface area contributed by atoms with E-state index >= 15 is 0 Å². The lowest BCUT2D eigenvalue weighted by molar-refractivity contribution is 0.233. The predicted molar refractivity (Wildman–Crippen MR) is 49.6 cm³/mol. The van der Waals surface area contributed by atoms with Gasteiger partial charge in [-0.3, -0.25) is 0 Å². The summed E-state index contributed by atoms with van der Waals surface area (Å²) in [5.41, 5.74) is 0.340. The lowest BCUT2D eigenvalue weighted by Gasteiger charge is -2.06. The predicted octanol–water partition coefficient (Wildman–Crippen LogP) is 1.82. The molecule has 0 saturated heterocycles. The van der Waals surface area contributed by atoms with Gasteiger partial charge in [0.15, 0.2) is 0 Å². The van der Waals surface area contributed by atoms with Gasteiger partial charge in [-0.2, -0.15) is 0 Å². The molecule has 2 nitrogen and oxygen atoms in total. The van der Waals surface area contributed by atoms with Gasteiger partial charge < -0.3 is 10.2 Å². The van der Waals surface area contributed by atoms with Crippen LogP contribution in [-0.4, -0.2) is 10.2 Å². The van der Waals surface area contributed by atoms with Gasteiger partial charge in [0.25, 0.3) is 0 Å². The molecule has 0 saturated carbocycles. The van der Waals surface area contributed by atoms with E-state index < -0.39 is 6.10 Å². The Morgan fingerprint density at radius 1 is 1.50 bits per heavy atom. The van der Waals surface area contributed by atoms with E-state index in [4.69, 9.17) is 6.42 Å². The number of benzene rings is 1. The van der Waals surface area contributed by atoms with Gasteiger partial charge in [0.2, 0.25) is 0 Å². The molecule has 12 heavy (non-hydrogen) atoms. The van der Waals surface area contributed by atoms with Crippen molar-refractivity contribution in [2.75, 3.05) is 0 Å². The van der Waals surface area contributed by atoms with Crippen molar-refractivity contribution in [1.29, 1.82) is 0 Å². The Labute approximate surface area is 79.0 Å². The zero-order valence-corrected chi connectivity index (χ0v) is 7.75. The summed E-state index contributed by atoms with van der Waals surface area (Å²) in [5.74, 6) is 2.13. The minimum absolute atomic E-state index is 0.00338. The Kier molecular flexibility index (Phi) is 2.74. The van der Waals surface area contributed by atoms with E-state index in [2.05, 4.69) is 21.9 Å². The van der Waals surface area contributed by atoms with Crippen molar-refractivity contribution in [1.82, 2.24) is 0 Å². The van der Waals surface area contributed by atoms with E-state index in [1.807, 2.05) is 0 Å². The summed E-state index contributed by atoms with van der Waals surface area (Å²) < 4.78 is 0.768. The number of hydrogen-bond acceptors (Lipinski definition) is 2. The van der Waals surface area contributed by atoms with Crippen molar-refractivity contribution in [3.05, 3.63) is 28.2 Å². The van der Waals surface area contributed by atoms with E-state index in [0.29, 0.717) is 5.56 Å². The molecular weight excluding hydrogens is 220 g/mol. The van der Waals surface area contributed by atoms with Crippen molar-refractivity contribution in [3.63, 3.8) is 0 Å². The third-order valence-electron chi connectivity index (χ3n) is 1.44. The fraction of sp³-hybridized carbons (Fsp3) is 0.111. The highest BCUT2D eigenvalue weighted by Gasteiger charge is 2.08. The van der Waals surface area contributed by atoms with E-state index in [1.165, 1.54) is 6.07 Å². The van der Waals surface area contributed by atoms with Crippen LogP contribution in [0.5, 0.6) is 5.75 Å². The van der Waals surface area contributed by atoms with Crippen LogP contribution in [0.15, 0.2) is 22.7 Å². The Balaban J connectivity index is 3.15. The second kappa shape index (κ2) is 3.61. The lowest BCUT2D eigenvalue weighted by atomic mass is 10.1. The van der Waals surface area contributed by atoms with Crippen LogP contribution < -0.4 is 0 Å². The van der Waals surface area contributed by atoms with Gasteiger partial charge in [-0.15, -0.1) is 6.42 Å². The molecule has 1 unspecified atom stereocenters. The molecule has 1 aromatic rings. The monoisotopic (exact) mass is 226 g/mol. The number of halogens is 1. The van der Waals surface area contributed by atoms with Gasteiger partial charge in [-0.25, -0.2) is 0 Å². The molecule has 2 N–H and O–H groups in total. The first-order valence-corrected chi connectivity index (χ1v) is 4.07. The second-order valence-electron chi connectivity index (χ2n) is 2.27. The highest BCUT2D eigenvalue weighted by Crippen LogP contribution is 2.26. The first kappa shape index (κ1) is 9.11. The zero-order chi connectivity index (χ0) is 9.14. The number of phenols is 1. The average Bonchev–Trinajstić information content (AvgIpc) is 2.08. The SMILES string of the molecule is C#CC(O)c1cc(Br)ccc1O. The normalized spacial score (nSPS) is 12.1. The average molecular weight is 227 g/mol. The summed E-state index contributed by atoms with van der Waals surface area (Å²) in [6, 6.07) is 4.72. The molecule has 0 amide bonds. The molecule has 0 aliphatic carbocycles. The maximum Gasteiger partial charge on any atom is 0.143 e.